The molecule has 21 heavy (non-hydrogen) atoms. The van der Waals surface area contributed by atoms with E-state index >= 15 is 0 Å². The van der Waals surface area contributed by atoms with E-state index in [0.717, 1.165) is 16.5 Å². The molecule has 2 heterocycles. The zero-order valence-electron chi connectivity index (χ0n) is 11.2. The molecule has 0 radical (unpaired) electrons. The molecule has 6 heteroatoms. The molecule has 0 aliphatic carbocycles. The molecule has 108 valence electrons. The number of hydrogen-bond donors (Lipinski definition) is 4. The molecule has 1 atom stereocenters. The summed E-state index contributed by atoms with van der Waals surface area (Å²) >= 11 is 1.51. The molecular formula is C15H15N3O2S. The van der Waals surface area contributed by atoms with Gasteiger partial charge in [0.05, 0.1) is 6.10 Å². The van der Waals surface area contributed by atoms with Gasteiger partial charge in [0.25, 0.3) is 5.91 Å². The van der Waals surface area contributed by atoms with Crippen LogP contribution in [0.1, 0.15) is 22.2 Å². The number of aromatic nitrogens is 1. The lowest BCUT2D eigenvalue weighted by Gasteiger charge is -2.09. The maximum Gasteiger partial charge on any atom is 0.267 e. The van der Waals surface area contributed by atoms with Gasteiger partial charge >= 0.3 is 0 Å². The van der Waals surface area contributed by atoms with Gasteiger partial charge < -0.3 is 21.1 Å². The minimum Gasteiger partial charge on any atom is -0.399 e. The smallest absolute Gasteiger partial charge is 0.267 e. The Kier molecular flexibility index (Phi) is 3.64. The van der Waals surface area contributed by atoms with Crippen LogP contribution < -0.4 is 11.1 Å². The van der Waals surface area contributed by atoms with Gasteiger partial charge in [-0.15, -0.1) is 0 Å². The second-order valence-electron chi connectivity index (χ2n) is 4.81. The zero-order chi connectivity index (χ0) is 14.8. The Bertz CT molecular complexity index is 764. The number of thiophene rings is 1. The van der Waals surface area contributed by atoms with Crippen LogP contribution in [-0.4, -0.2) is 22.5 Å². The molecule has 5 nitrogen and oxygen atoms in total. The number of nitrogens with two attached hydrogens (primary N) is 1. The van der Waals surface area contributed by atoms with Gasteiger partial charge in [-0.2, -0.15) is 11.3 Å². The molecule has 3 rings (SSSR count). The van der Waals surface area contributed by atoms with E-state index in [2.05, 4.69) is 10.3 Å². The van der Waals surface area contributed by atoms with Crippen molar-refractivity contribution in [2.75, 3.05) is 12.3 Å². The third kappa shape index (κ3) is 2.91. The molecular weight excluding hydrogens is 286 g/mol. The summed E-state index contributed by atoms with van der Waals surface area (Å²) in [6, 6.07) is 9.01. The molecule has 0 saturated heterocycles. The molecule has 0 saturated carbocycles. The Labute approximate surface area is 125 Å². The van der Waals surface area contributed by atoms with Crippen molar-refractivity contribution >= 4 is 33.8 Å². The molecule has 2 aromatic heterocycles. The summed E-state index contributed by atoms with van der Waals surface area (Å²) in [6.07, 6.45) is -0.694. The average Bonchev–Trinajstić information content (AvgIpc) is 3.12. The fourth-order valence-corrected chi connectivity index (χ4v) is 2.85. The van der Waals surface area contributed by atoms with Crippen molar-refractivity contribution in [1.82, 2.24) is 10.3 Å². The first-order chi connectivity index (χ1) is 10.1. The normalized spacial score (nSPS) is 12.4. The highest BCUT2D eigenvalue weighted by Crippen LogP contribution is 2.19. The number of rotatable bonds is 4. The Morgan fingerprint density at radius 1 is 1.38 bits per heavy atom. The summed E-state index contributed by atoms with van der Waals surface area (Å²) in [5, 5.41) is 17.3. The van der Waals surface area contributed by atoms with E-state index < -0.39 is 6.10 Å². The number of amides is 1. The molecule has 5 N–H and O–H groups in total. The van der Waals surface area contributed by atoms with Crippen LogP contribution >= 0.6 is 11.3 Å². The van der Waals surface area contributed by atoms with Crippen molar-refractivity contribution in [3.63, 3.8) is 0 Å². The van der Waals surface area contributed by atoms with Crippen molar-refractivity contribution in [2.45, 2.75) is 6.10 Å². The Morgan fingerprint density at radius 2 is 2.24 bits per heavy atom. The minimum absolute atomic E-state index is 0.174. The molecule has 1 amide bonds. The second kappa shape index (κ2) is 5.59. The van der Waals surface area contributed by atoms with Gasteiger partial charge in [0, 0.05) is 23.1 Å². The molecule has 0 aliphatic rings. The maximum absolute atomic E-state index is 12.1. The van der Waals surface area contributed by atoms with Crippen molar-refractivity contribution in [3.8, 4) is 0 Å². The van der Waals surface area contributed by atoms with Gasteiger partial charge in [-0.1, -0.05) is 0 Å². The highest BCUT2D eigenvalue weighted by Gasteiger charge is 2.13. The Morgan fingerprint density at radius 3 is 3.00 bits per heavy atom. The van der Waals surface area contributed by atoms with Gasteiger partial charge in [-0.25, -0.2) is 0 Å². The van der Waals surface area contributed by atoms with Crippen LogP contribution in [-0.2, 0) is 0 Å². The number of carbonyl (C=O) groups is 1. The van der Waals surface area contributed by atoms with Gasteiger partial charge in [-0.05, 0) is 46.7 Å². The summed E-state index contributed by atoms with van der Waals surface area (Å²) < 4.78 is 0. The lowest BCUT2D eigenvalue weighted by Crippen LogP contribution is -2.28. The summed E-state index contributed by atoms with van der Waals surface area (Å²) in [5.74, 6) is -0.251. The van der Waals surface area contributed by atoms with Crippen molar-refractivity contribution in [2.24, 2.45) is 0 Å². The Balaban J connectivity index is 1.69. The molecule has 0 bridgehead atoms. The number of H-pyrrole nitrogens is 1. The summed E-state index contributed by atoms with van der Waals surface area (Å²) in [4.78, 5) is 15.1. The van der Waals surface area contributed by atoms with Crippen LogP contribution in [0.2, 0.25) is 0 Å². The first-order valence-corrected chi connectivity index (χ1v) is 7.44. The first kappa shape index (κ1) is 13.7. The topological polar surface area (TPSA) is 91.1 Å². The number of fused-ring (bicyclic) bond motifs is 1. The van der Waals surface area contributed by atoms with E-state index in [4.69, 9.17) is 5.73 Å². The van der Waals surface area contributed by atoms with Gasteiger partial charge in [0.2, 0.25) is 0 Å². The highest BCUT2D eigenvalue weighted by molar-refractivity contribution is 7.07. The molecule has 1 unspecified atom stereocenters. The van der Waals surface area contributed by atoms with Gasteiger partial charge in [0.1, 0.15) is 5.69 Å². The third-order valence-corrected chi connectivity index (χ3v) is 3.97. The van der Waals surface area contributed by atoms with Crippen molar-refractivity contribution in [1.29, 1.82) is 0 Å². The minimum atomic E-state index is -0.694. The molecule has 0 fully saturated rings. The van der Waals surface area contributed by atoms with E-state index in [1.165, 1.54) is 11.3 Å². The summed E-state index contributed by atoms with van der Waals surface area (Å²) in [7, 11) is 0. The van der Waals surface area contributed by atoms with Crippen molar-refractivity contribution in [3.05, 3.63) is 52.3 Å². The molecule has 1 aromatic carbocycles. The zero-order valence-corrected chi connectivity index (χ0v) is 12.0. The van der Waals surface area contributed by atoms with Crippen LogP contribution in [0.25, 0.3) is 10.9 Å². The van der Waals surface area contributed by atoms with E-state index in [9.17, 15) is 9.90 Å². The SMILES string of the molecule is Nc1ccc2[nH]c(C(=O)NCC(O)c3ccsc3)cc2c1. The molecule has 0 spiro atoms. The number of aromatic amines is 1. The predicted octanol–water partition coefficient (Wildman–Crippen LogP) is 2.28. The summed E-state index contributed by atoms with van der Waals surface area (Å²) in [6.45, 7) is 0.174. The Hall–Kier alpha value is -2.31. The lowest BCUT2D eigenvalue weighted by atomic mass is 10.2. The quantitative estimate of drug-likeness (QED) is 0.557. The van der Waals surface area contributed by atoms with E-state index in [0.29, 0.717) is 11.4 Å². The number of aliphatic hydroxyl groups excluding tert-OH is 1. The average molecular weight is 301 g/mol. The fraction of sp³-hybridized carbons (Fsp3) is 0.133. The predicted molar refractivity (Wildman–Crippen MR) is 84.3 cm³/mol. The van der Waals surface area contributed by atoms with Crippen LogP contribution in [0.5, 0.6) is 0 Å². The monoisotopic (exact) mass is 301 g/mol. The number of carbonyl (C=O) groups excluding carboxylic acids is 1. The van der Waals surface area contributed by atoms with E-state index in [-0.39, 0.29) is 12.5 Å². The van der Waals surface area contributed by atoms with Crippen LogP contribution in [0, 0.1) is 0 Å². The van der Waals surface area contributed by atoms with Gasteiger partial charge in [0.15, 0.2) is 0 Å². The van der Waals surface area contributed by atoms with Crippen molar-refractivity contribution < 1.29 is 9.90 Å². The number of nitrogen functional groups attached to an aromatic ring is 1. The number of benzene rings is 1. The van der Waals surface area contributed by atoms with E-state index in [1.54, 1.807) is 12.1 Å². The van der Waals surface area contributed by atoms with Crippen LogP contribution in [0.3, 0.4) is 0 Å². The van der Waals surface area contributed by atoms with E-state index in [1.807, 2.05) is 29.0 Å². The number of anilines is 1. The van der Waals surface area contributed by atoms with Gasteiger partial charge in [-0.3, -0.25) is 4.79 Å². The highest BCUT2D eigenvalue weighted by atomic mass is 32.1. The first-order valence-electron chi connectivity index (χ1n) is 6.50. The largest absolute Gasteiger partial charge is 0.399 e. The molecule has 0 aliphatic heterocycles. The lowest BCUT2D eigenvalue weighted by molar-refractivity contribution is 0.0912. The maximum atomic E-state index is 12.1. The fourth-order valence-electron chi connectivity index (χ4n) is 2.14. The number of nitrogens with one attached hydrogen (secondary N) is 2. The van der Waals surface area contributed by atoms with Crippen LogP contribution in [0.15, 0.2) is 41.1 Å². The number of hydrogen-bond acceptors (Lipinski definition) is 4. The number of aliphatic hydroxyl groups is 1. The standard InChI is InChI=1S/C15H15N3O2S/c16-11-1-2-12-10(5-11)6-13(18-12)15(20)17-7-14(19)9-3-4-21-8-9/h1-6,8,14,18-19H,7,16H2,(H,17,20). The molecule has 3 aromatic rings. The third-order valence-electron chi connectivity index (χ3n) is 3.27. The summed E-state index contributed by atoms with van der Waals surface area (Å²) in [5.41, 5.74) is 8.49. The van der Waals surface area contributed by atoms with Crippen LogP contribution in [0.4, 0.5) is 5.69 Å². The second-order valence-corrected chi connectivity index (χ2v) is 5.59.